The summed E-state index contributed by atoms with van der Waals surface area (Å²) in [5, 5.41) is 13.2. The van der Waals surface area contributed by atoms with E-state index in [1.807, 2.05) is 0 Å². The van der Waals surface area contributed by atoms with Gasteiger partial charge in [0.05, 0.1) is 6.10 Å². The highest BCUT2D eigenvalue weighted by Crippen LogP contribution is 2.39. The largest absolute Gasteiger partial charge is 0.391 e. The zero-order valence-electron chi connectivity index (χ0n) is 14.4. The van der Waals surface area contributed by atoms with Crippen molar-refractivity contribution in [2.24, 2.45) is 23.2 Å². The molecule has 2 fully saturated rings. The third-order valence-electron chi connectivity index (χ3n) is 5.62. The molecule has 0 radical (unpaired) electrons. The third-order valence-corrected chi connectivity index (χ3v) is 5.62. The summed E-state index contributed by atoms with van der Waals surface area (Å²) < 4.78 is 5.31. The van der Waals surface area contributed by atoms with Gasteiger partial charge in [-0.3, -0.25) is 4.79 Å². The molecule has 1 unspecified atom stereocenters. The first-order valence-corrected chi connectivity index (χ1v) is 8.91. The molecule has 1 aliphatic heterocycles. The van der Waals surface area contributed by atoms with Crippen molar-refractivity contribution in [2.75, 3.05) is 19.8 Å². The molecule has 1 amide bonds. The summed E-state index contributed by atoms with van der Waals surface area (Å²) in [6, 6.07) is 0. The maximum absolute atomic E-state index is 12.3. The first-order valence-electron chi connectivity index (χ1n) is 8.91. The highest BCUT2D eigenvalue weighted by molar-refractivity contribution is 5.78. The van der Waals surface area contributed by atoms with Crippen LogP contribution in [0.4, 0.5) is 0 Å². The molecule has 0 bridgehead atoms. The molecular weight excluding hydrogens is 278 g/mol. The highest BCUT2D eigenvalue weighted by atomic mass is 16.5. The van der Waals surface area contributed by atoms with Crippen molar-refractivity contribution in [3.05, 3.63) is 0 Å². The normalized spacial score (nSPS) is 29.1. The predicted octanol–water partition coefficient (Wildman–Crippen LogP) is 2.74. The van der Waals surface area contributed by atoms with Crippen molar-refractivity contribution in [1.29, 1.82) is 0 Å². The first kappa shape index (κ1) is 17.7. The molecule has 22 heavy (non-hydrogen) atoms. The summed E-state index contributed by atoms with van der Waals surface area (Å²) in [7, 11) is 0. The van der Waals surface area contributed by atoms with Crippen molar-refractivity contribution < 1.29 is 14.6 Å². The Morgan fingerprint density at radius 3 is 2.27 bits per heavy atom. The van der Waals surface area contributed by atoms with Crippen LogP contribution in [0.3, 0.4) is 0 Å². The Labute approximate surface area is 135 Å². The summed E-state index contributed by atoms with van der Waals surface area (Å²) >= 11 is 0. The molecule has 2 rings (SSSR count). The molecule has 128 valence electrons. The molecule has 1 heterocycles. The quantitative estimate of drug-likeness (QED) is 0.839. The van der Waals surface area contributed by atoms with Gasteiger partial charge in [0.25, 0.3) is 0 Å². The zero-order valence-corrected chi connectivity index (χ0v) is 14.4. The van der Waals surface area contributed by atoms with Crippen LogP contribution in [-0.4, -0.2) is 36.9 Å². The molecule has 4 nitrogen and oxygen atoms in total. The van der Waals surface area contributed by atoms with E-state index in [2.05, 4.69) is 26.1 Å². The van der Waals surface area contributed by atoms with E-state index in [-0.39, 0.29) is 17.7 Å². The molecule has 1 saturated heterocycles. The number of hydrogen-bond acceptors (Lipinski definition) is 3. The van der Waals surface area contributed by atoms with Gasteiger partial charge in [-0.2, -0.15) is 0 Å². The SMILES string of the molecule is CC(C)(C)C1CCC(C(=O)NCC(O)C2CCOCC2)CC1. The van der Waals surface area contributed by atoms with Crippen LogP contribution in [0.15, 0.2) is 0 Å². The van der Waals surface area contributed by atoms with E-state index in [1.54, 1.807) is 0 Å². The molecule has 0 aromatic heterocycles. The van der Waals surface area contributed by atoms with E-state index < -0.39 is 6.10 Å². The lowest BCUT2D eigenvalue weighted by Gasteiger charge is -2.36. The standard InChI is InChI=1S/C18H33NO3/c1-18(2,3)15-6-4-14(5-7-15)17(21)19-12-16(20)13-8-10-22-11-9-13/h13-16,20H,4-12H2,1-3H3,(H,19,21). The Hall–Kier alpha value is -0.610. The van der Waals surface area contributed by atoms with E-state index in [4.69, 9.17) is 4.74 Å². The molecule has 0 aromatic carbocycles. The molecule has 0 spiro atoms. The number of aliphatic hydroxyl groups excluding tert-OH is 1. The summed E-state index contributed by atoms with van der Waals surface area (Å²) in [6.07, 6.45) is 5.62. The lowest BCUT2D eigenvalue weighted by atomic mass is 9.69. The Bertz CT molecular complexity index is 350. The summed E-state index contributed by atoms with van der Waals surface area (Å²) in [4.78, 5) is 12.3. The minimum absolute atomic E-state index is 0.137. The average Bonchev–Trinajstić information content (AvgIpc) is 2.52. The van der Waals surface area contributed by atoms with Gasteiger partial charge in [0.15, 0.2) is 0 Å². The Morgan fingerprint density at radius 2 is 1.73 bits per heavy atom. The number of amides is 1. The lowest BCUT2D eigenvalue weighted by Crippen LogP contribution is -2.41. The summed E-state index contributed by atoms with van der Waals surface area (Å²) in [5.41, 5.74) is 0.348. The molecule has 1 atom stereocenters. The second-order valence-corrected chi connectivity index (χ2v) is 8.18. The van der Waals surface area contributed by atoms with Crippen molar-refractivity contribution >= 4 is 5.91 Å². The number of carbonyl (C=O) groups is 1. The maximum atomic E-state index is 12.3. The van der Waals surface area contributed by atoms with Crippen LogP contribution in [0.1, 0.15) is 59.3 Å². The van der Waals surface area contributed by atoms with Gasteiger partial charge in [-0.15, -0.1) is 0 Å². The van der Waals surface area contributed by atoms with Crippen LogP contribution < -0.4 is 5.32 Å². The smallest absolute Gasteiger partial charge is 0.223 e. The van der Waals surface area contributed by atoms with Gasteiger partial charge < -0.3 is 15.2 Å². The van der Waals surface area contributed by atoms with E-state index in [9.17, 15) is 9.90 Å². The van der Waals surface area contributed by atoms with Crippen molar-refractivity contribution in [3.8, 4) is 0 Å². The topological polar surface area (TPSA) is 58.6 Å². The fraction of sp³-hybridized carbons (Fsp3) is 0.944. The second-order valence-electron chi connectivity index (χ2n) is 8.18. The van der Waals surface area contributed by atoms with Crippen LogP contribution in [0.2, 0.25) is 0 Å². The summed E-state index contributed by atoms with van der Waals surface area (Å²) in [6.45, 7) is 8.73. The molecule has 0 aromatic rings. The fourth-order valence-electron chi connectivity index (χ4n) is 3.84. The van der Waals surface area contributed by atoms with Crippen LogP contribution in [0.25, 0.3) is 0 Å². The van der Waals surface area contributed by atoms with Gasteiger partial charge in [0.2, 0.25) is 5.91 Å². The van der Waals surface area contributed by atoms with Crippen LogP contribution >= 0.6 is 0 Å². The van der Waals surface area contributed by atoms with E-state index in [0.717, 1.165) is 57.7 Å². The predicted molar refractivity (Wildman–Crippen MR) is 87.5 cm³/mol. The van der Waals surface area contributed by atoms with Crippen LogP contribution in [0, 0.1) is 23.2 Å². The van der Waals surface area contributed by atoms with Crippen molar-refractivity contribution in [1.82, 2.24) is 5.32 Å². The van der Waals surface area contributed by atoms with Gasteiger partial charge in [0.1, 0.15) is 0 Å². The zero-order chi connectivity index (χ0) is 16.2. The molecule has 1 saturated carbocycles. The fourth-order valence-corrected chi connectivity index (χ4v) is 3.84. The third kappa shape index (κ3) is 4.95. The van der Waals surface area contributed by atoms with Crippen molar-refractivity contribution in [3.63, 3.8) is 0 Å². The molecule has 2 N–H and O–H groups in total. The minimum atomic E-state index is -0.432. The number of rotatable bonds is 4. The number of nitrogens with one attached hydrogen (secondary N) is 1. The van der Waals surface area contributed by atoms with Gasteiger partial charge in [-0.1, -0.05) is 20.8 Å². The monoisotopic (exact) mass is 311 g/mol. The Kier molecular flexibility index (Phi) is 6.27. The maximum Gasteiger partial charge on any atom is 0.223 e. The molecule has 2 aliphatic rings. The number of aliphatic hydroxyl groups is 1. The van der Waals surface area contributed by atoms with Gasteiger partial charge in [-0.05, 0) is 55.8 Å². The summed E-state index contributed by atoms with van der Waals surface area (Å²) in [5.74, 6) is 1.27. The van der Waals surface area contributed by atoms with E-state index >= 15 is 0 Å². The van der Waals surface area contributed by atoms with Gasteiger partial charge in [0, 0.05) is 25.7 Å². The van der Waals surface area contributed by atoms with Gasteiger partial charge in [-0.25, -0.2) is 0 Å². The number of carbonyl (C=O) groups excluding carboxylic acids is 1. The van der Waals surface area contributed by atoms with E-state index in [0.29, 0.717) is 12.0 Å². The molecule has 4 heteroatoms. The number of hydrogen-bond donors (Lipinski definition) is 2. The Morgan fingerprint density at radius 1 is 1.14 bits per heavy atom. The van der Waals surface area contributed by atoms with Crippen LogP contribution in [0.5, 0.6) is 0 Å². The molecular formula is C18H33NO3. The second kappa shape index (κ2) is 7.78. The first-order chi connectivity index (χ1) is 10.4. The van der Waals surface area contributed by atoms with Crippen molar-refractivity contribution in [2.45, 2.75) is 65.4 Å². The lowest BCUT2D eigenvalue weighted by molar-refractivity contribution is -0.127. The van der Waals surface area contributed by atoms with Gasteiger partial charge >= 0.3 is 0 Å². The average molecular weight is 311 g/mol. The highest BCUT2D eigenvalue weighted by Gasteiger charge is 2.32. The van der Waals surface area contributed by atoms with E-state index in [1.165, 1.54) is 0 Å². The van der Waals surface area contributed by atoms with Crippen LogP contribution in [-0.2, 0) is 9.53 Å². The Balaban J connectivity index is 1.69. The minimum Gasteiger partial charge on any atom is -0.391 e. The molecule has 1 aliphatic carbocycles. The number of ether oxygens (including phenoxy) is 1.